The number of nitrogens with one attached hydrogen (secondary N) is 2. The predicted octanol–water partition coefficient (Wildman–Crippen LogP) is 3.75. The van der Waals surface area contributed by atoms with Gasteiger partial charge in [0.2, 0.25) is 5.91 Å². The minimum Gasteiger partial charge on any atom is -0.348 e. The van der Waals surface area contributed by atoms with E-state index in [-0.39, 0.29) is 40.4 Å². The van der Waals surface area contributed by atoms with E-state index in [1.54, 1.807) is 17.9 Å². The highest BCUT2D eigenvalue weighted by molar-refractivity contribution is 6.34. The summed E-state index contributed by atoms with van der Waals surface area (Å²) in [6, 6.07) is 7.39. The number of ketones is 1. The van der Waals surface area contributed by atoms with Crippen LogP contribution in [-0.2, 0) is 4.79 Å². The zero-order valence-electron chi connectivity index (χ0n) is 16.9. The number of nitrogens with zero attached hydrogens (tertiary/aromatic N) is 2. The van der Waals surface area contributed by atoms with Crippen molar-refractivity contribution in [3.05, 3.63) is 47.0 Å². The van der Waals surface area contributed by atoms with Crippen molar-refractivity contribution in [2.24, 2.45) is 5.41 Å². The van der Waals surface area contributed by atoms with Crippen LogP contribution in [0.25, 0.3) is 0 Å². The molecule has 2 aliphatic rings. The normalized spacial score (nSPS) is 23.7. The number of aromatic nitrogens is 2. The number of benzene rings is 1. The van der Waals surface area contributed by atoms with E-state index >= 15 is 0 Å². The second-order valence-corrected chi connectivity index (χ2v) is 8.50. The molecule has 1 aromatic heterocycles. The van der Waals surface area contributed by atoms with Crippen LogP contribution in [0.1, 0.15) is 66.4 Å². The van der Waals surface area contributed by atoms with Crippen molar-refractivity contribution in [1.29, 1.82) is 0 Å². The van der Waals surface area contributed by atoms with E-state index in [1.165, 1.54) is 6.33 Å². The lowest BCUT2D eigenvalue weighted by atomic mass is 9.71. The maximum Gasteiger partial charge on any atom is 0.270 e. The van der Waals surface area contributed by atoms with Gasteiger partial charge in [0.05, 0.1) is 22.5 Å². The highest BCUT2D eigenvalue weighted by atomic mass is 35.5. The molecule has 30 heavy (non-hydrogen) atoms. The number of rotatable bonds is 5. The van der Waals surface area contributed by atoms with E-state index in [0.717, 1.165) is 37.8 Å². The van der Waals surface area contributed by atoms with Crippen LogP contribution >= 0.6 is 11.6 Å². The lowest BCUT2D eigenvalue weighted by molar-refractivity contribution is -0.127. The van der Waals surface area contributed by atoms with Crippen molar-refractivity contribution in [3.63, 3.8) is 0 Å². The van der Waals surface area contributed by atoms with Crippen LogP contribution in [0.2, 0.25) is 5.02 Å². The highest BCUT2D eigenvalue weighted by Crippen LogP contribution is 2.46. The van der Waals surface area contributed by atoms with Gasteiger partial charge in [-0.15, -0.1) is 0 Å². The molecular weight excluding hydrogens is 404 g/mol. The summed E-state index contributed by atoms with van der Waals surface area (Å²) in [4.78, 5) is 46.4. The maximum absolute atomic E-state index is 13.2. The minimum atomic E-state index is -0.377. The first-order chi connectivity index (χ1) is 14.4. The molecule has 0 bridgehead atoms. The lowest BCUT2D eigenvalue weighted by Gasteiger charge is -2.36. The third-order valence-electron chi connectivity index (χ3n) is 6.39. The average molecular weight is 429 g/mol. The van der Waals surface area contributed by atoms with E-state index < -0.39 is 0 Å². The lowest BCUT2D eigenvalue weighted by Crippen LogP contribution is -2.44. The summed E-state index contributed by atoms with van der Waals surface area (Å²) in [6.07, 6.45) is 5.35. The number of carbonyl (C=O) groups excluding carboxylic acids is 3. The SMILES string of the molecule is CCC(=O)c1nc[nH]c1C(=O)NC1CCC2(CC1)CCN(c1ccccc1Cl)C2=O. The Morgan fingerprint density at radius 2 is 2.00 bits per heavy atom. The molecule has 2 aromatic rings. The summed E-state index contributed by atoms with van der Waals surface area (Å²) in [5.74, 6) is -0.356. The van der Waals surface area contributed by atoms with Crippen molar-refractivity contribution in [2.75, 3.05) is 11.4 Å². The van der Waals surface area contributed by atoms with E-state index in [2.05, 4.69) is 15.3 Å². The summed E-state index contributed by atoms with van der Waals surface area (Å²) >= 11 is 6.30. The van der Waals surface area contributed by atoms with Crippen molar-refractivity contribution in [1.82, 2.24) is 15.3 Å². The number of imidazole rings is 1. The second-order valence-electron chi connectivity index (χ2n) is 8.09. The van der Waals surface area contributed by atoms with Crippen molar-refractivity contribution in [2.45, 2.75) is 51.5 Å². The topological polar surface area (TPSA) is 95.2 Å². The fraction of sp³-hybridized carbons (Fsp3) is 0.455. The average Bonchev–Trinajstić information content (AvgIpc) is 3.36. The zero-order chi connectivity index (χ0) is 21.3. The van der Waals surface area contributed by atoms with Crippen molar-refractivity contribution < 1.29 is 14.4 Å². The number of Topliss-reactive ketones (excluding diaryl/α,β-unsaturated/α-hetero) is 1. The number of H-pyrrole nitrogens is 1. The summed E-state index contributed by atoms with van der Waals surface area (Å²) < 4.78 is 0. The first kappa shape index (κ1) is 20.6. The smallest absolute Gasteiger partial charge is 0.270 e. The van der Waals surface area contributed by atoms with E-state index in [1.807, 2.05) is 18.2 Å². The monoisotopic (exact) mass is 428 g/mol. The Morgan fingerprint density at radius 1 is 1.27 bits per heavy atom. The quantitative estimate of drug-likeness (QED) is 0.709. The molecule has 1 saturated heterocycles. The largest absolute Gasteiger partial charge is 0.348 e. The van der Waals surface area contributed by atoms with Gasteiger partial charge in [0.1, 0.15) is 11.4 Å². The number of halogens is 1. The molecule has 158 valence electrons. The number of para-hydroxylation sites is 1. The van der Waals surface area contributed by atoms with E-state index in [4.69, 9.17) is 11.6 Å². The molecule has 4 rings (SSSR count). The van der Waals surface area contributed by atoms with Gasteiger partial charge >= 0.3 is 0 Å². The molecule has 1 spiro atoms. The predicted molar refractivity (Wildman–Crippen MR) is 114 cm³/mol. The van der Waals surface area contributed by atoms with Gasteiger partial charge in [-0.1, -0.05) is 30.7 Å². The highest BCUT2D eigenvalue weighted by Gasteiger charge is 2.49. The minimum absolute atomic E-state index is 0.0295. The van der Waals surface area contributed by atoms with E-state index in [9.17, 15) is 14.4 Å². The van der Waals surface area contributed by atoms with Crippen LogP contribution in [0.15, 0.2) is 30.6 Å². The fourth-order valence-corrected chi connectivity index (χ4v) is 4.84. The van der Waals surface area contributed by atoms with Crippen LogP contribution < -0.4 is 10.2 Å². The Kier molecular flexibility index (Phi) is 5.64. The molecular formula is C22H25ClN4O3. The van der Waals surface area contributed by atoms with Crippen molar-refractivity contribution >= 4 is 34.9 Å². The van der Waals surface area contributed by atoms with Crippen LogP contribution in [0.4, 0.5) is 5.69 Å². The summed E-state index contributed by atoms with van der Waals surface area (Å²) in [7, 11) is 0. The van der Waals surface area contributed by atoms with Crippen molar-refractivity contribution in [3.8, 4) is 0 Å². The zero-order valence-corrected chi connectivity index (χ0v) is 17.7. The number of hydrogen-bond acceptors (Lipinski definition) is 4. The number of hydrogen-bond donors (Lipinski definition) is 2. The Morgan fingerprint density at radius 3 is 2.70 bits per heavy atom. The molecule has 8 heteroatoms. The summed E-state index contributed by atoms with van der Waals surface area (Å²) in [6.45, 7) is 2.40. The van der Waals surface area contributed by atoms with Gasteiger partial charge in [0, 0.05) is 19.0 Å². The van der Waals surface area contributed by atoms with Gasteiger partial charge in [-0.25, -0.2) is 4.98 Å². The Bertz CT molecular complexity index is 978. The molecule has 1 aliphatic carbocycles. The second kappa shape index (κ2) is 8.22. The van der Waals surface area contributed by atoms with Crippen LogP contribution in [0, 0.1) is 5.41 Å². The molecule has 2 amide bonds. The van der Waals surface area contributed by atoms with Gasteiger partial charge in [-0.3, -0.25) is 14.4 Å². The van der Waals surface area contributed by atoms with Crippen LogP contribution in [0.5, 0.6) is 0 Å². The third kappa shape index (κ3) is 3.62. The van der Waals surface area contributed by atoms with Gasteiger partial charge in [-0.2, -0.15) is 0 Å². The molecule has 7 nitrogen and oxygen atoms in total. The van der Waals surface area contributed by atoms with Gasteiger partial charge in [0.25, 0.3) is 5.91 Å². The van der Waals surface area contributed by atoms with E-state index in [0.29, 0.717) is 18.0 Å². The van der Waals surface area contributed by atoms with Crippen LogP contribution in [-0.4, -0.2) is 40.2 Å². The summed E-state index contributed by atoms with van der Waals surface area (Å²) in [5.41, 5.74) is 0.786. The maximum atomic E-state index is 13.2. The first-order valence-electron chi connectivity index (χ1n) is 10.4. The molecule has 1 saturated carbocycles. The first-order valence-corrected chi connectivity index (χ1v) is 10.8. The number of anilines is 1. The van der Waals surface area contributed by atoms with Crippen LogP contribution in [0.3, 0.4) is 0 Å². The Labute approximate surface area is 180 Å². The van der Waals surface area contributed by atoms with Gasteiger partial charge in [-0.05, 0) is 44.2 Å². The number of carbonyl (C=O) groups is 3. The van der Waals surface area contributed by atoms with Gasteiger partial charge < -0.3 is 15.2 Å². The molecule has 0 radical (unpaired) electrons. The number of aromatic amines is 1. The molecule has 0 unspecified atom stereocenters. The molecule has 2 N–H and O–H groups in total. The molecule has 2 heterocycles. The third-order valence-corrected chi connectivity index (χ3v) is 6.71. The molecule has 1 aliphatic heterocycles. The Balaban J connectivity index is 1.39. The molecule has 1 aromatic carbocycles. The van der Waals surface area contributed by atoms with Gasteiger partial charge in [0.15, 0.2) is 5.78 Å². The molecule has 2 fully saturated rings. The number of amides is 2. The fourth-order valence-electron chi connectivity index (χ4n) is 4.60. The molecule has 0 atom stereocenters. The standard InChI is InChI=1S/C22H25ClN4O3/c1-2-17(28)18-19(25-13-24-18)20(29)26-14-7-9-22(10-8-14)11-12-27(21(22)30)16-6-4-3-5-15(16)23/h3-6,13-14H,2,7-12H2,1H3,(H,24,25)(H,26,29). The summed E-state index contributed by atoms with van der Waals surface area (Å²) in [5, 5.41) is 3.59. The Hall–Kier alpha value is -2.67.